The van der Waals surface area contributed by atoms with E-state index in [1.54, 1.807) is 37.3 Å². The molecule has 152 valence electrons. The number of amides is 1. The zero-order valence-electron chi connectivity index (χ0n) is 16.9. The summed E-state index contributed by atoms with van der Waals surface area (Å²) in [5.74, 6) is -0.442. The smallest absolute Gasteiger partial charge is 0.251 e. The number of rotatable bonds is 7. The van der Waals surface area contributed by atoms with Crippen molar-refractivity contribution in [3.8, 4) is 6.07 Å². The van der Waals surface area contributed by atoms with Gasteiger partial charge in [-0.2, -0.15) is 10.4 Å². The largest absolute Gasteiger partial charge is 0.402 e. The number of benzene rings is 2. The number of nitriles is 1. The molecule has 1 aliphatic carbocycles. The average molecular weight is 401 g/mol. The third kappa shape index (κ3) is 5.11. The van der Waals surface area contributed by atoms with E-state index in [1.807, 2.05) is 19.1 Å². The fourth-order valence-electron chi connectivity index (χ4n) is 2.77. The van der Waals surface area contributed by atoms with Gasteiger partial charge in [-0.05, 0) is 56.5 Å². The minimum atomic E-state index is -0.327. The van der Waals surface area contributed by atoms with Crippen LogP contribution in [0, 0.1) is 18.3 Å². The number of nitrogens with zero attached hydrogens (tertiary/aromatic N) is 2. The van der Waals surface area contributed by atoms with Crippen LogP contribution in [0.2, 0.25) is 0 Å². The first-order chi connectivity index (χ1) is 14.4. The van der Waals surface area contributed by atoms with Gasteiger partial charge in [0.25, 0.3) is 5.91 Å². The number of nitrogens with two attached hydrogens (primary N) is 1. The number of carbonyl (C=O) groups is 2. The van der Waals surface area contributed by atoms with Gasteiger partial charge in [-0.25, -0.2) is 0 Å². The average Bonchev–Trinajstić information content (AvgIpc) is 3.55. The fourth-order valence-corrected chi connectivity index (χ4v) is 2.77. The molecule has 0 heterocycles. The first-order valence-corrected chi connectivity index (χ1v) is 9.61. The molecule has 0 aromatic heterocycles. The lowest BCUT2D eigenvalue weighted by Gasteiger charge is -2.09. The highest BCUT2D eigenvalue weighted by Gasteiger charge is 2.24. The van der Waals surface area contributed by atoms with Crippen LogP contribution in [-0.4, -0.2) is 23.9 Å². The van der Waals surface area contributed by atoms with Crippen LogP contribution < -0.4 is 16.5 Å². The van der Waals surface area contributed by atoms with Crippen molar-refractivity contribution in [2.45, 2.75) is 32.7 Å². The lowest BCUT2D eigenvalue weighted by Crippen LogP contribution is -2.25. The minimum absolute atomic E-state index is 0.115. The first-order valence-electron chi connectivity index (χ1n) is 9.61. The van der Waals surface area contributed by atoms with Gasteiger partial charge in [0.05, 0.1) is 29.1 Å². The van der Waals surface area contributed by atoms with Crippen LogP contribution in [0.15, 0.2) is 58.8 Å². The van der Waals surface area contributed by atoms with Gasteiger partial charge < -0.3 is 11.1 Å². The van der Waals surface area contributed by atoms with Crippen molar-refractivity contribution in [3.63, 3.8) is 0 Å². The number of hydrazone groups is 1. The first kappa shape index (κ1) is 20.8. The van der Waals surface area contributed by atoms with Crippen LogP contribution in [0.4, 0.5) is 5.69 Å². The Kier molecular flexibility index (Phi) is 6.28. The van der Waals surface area contributed by atoms with E-state index in [4.69, 9.17) is 11.0 Å². The zero-order chi connectivity index (χ0) is 21.7. The SMILES string of the molecule is C/C(N)=C(\C=N/Nc1cc(C(=O)NC2CC2)ccc1C)C(=O)c1cccc(C#N)c1. The quantitative estimate of drug-likeness (QED) is 0.285. The van der Waals surface area contributed by atoms with Crippen molar-refractivity contribution >= 4 is 23.6 Å². The van der Waals surface area contributed by atoms with Crippen LogP contribution in [0.3, 0.4) is 0 Å². The van der Waals surface area contributed by atoms with Crippen molar-refractivity contribution in [2.24, 2.45) is 10.8 Å². The van der Waals surface area contributed by atoms with Crippen LogP contribution in [0.1, 0.15) is 51.6 Å². The van der Waals surface area contributed by atoms with Crippen molar-refractivity contribution in [2.75, 3.05) is 5.43 Å². The molecule has 1 saturated carbocycles. The number of hydrogen-bond donors (Lipinski definition) is 3. The highest BCUT2D eigenvalue weighted by atomic mass is 16.1. The molecule has 0 saturated heterocycles. The Morgan fingerprint density at radius 2 is 1.97 bits per heavy atom. The molecule has 1 fully saturated rings. The van der Waals surface area contributed by atoms with E-state index in [-0.39, 0.29) is 23.3 Å². The Balaban J connectivity index is 1.76. The highest BCUT2D eigenvalue weighted by molar-refractivity contribution is 6.21. The summed E-state index contributed by atoms with van der Waals surface area (Å²) in [6.07, 6.45) is 3.39. The molecule has 7 heteroatoms. The lowest BCUT2D eigenvalue weighted by atomic mass is 10.0. The molecular formula is C23H23N5O2. The van der Waals surface area contributed by atoms with E-state index >= 15 is 0 Å². The maximum absolute atomic E-state index is 12.8. The van der Waals surface area contributed by atoms with Gasteiger partial charge in [-0.3, -0.25) is 15.0 Å². The van der Waals surface area contributed by atoms with Gasteiger partial charge >= 0.3 is 0 Å². The molecule has 0 bridgehead atoms. The van der Waals surface area contributed by atoms with Crippen LogP contribution in [-0.2, 0) is 0 Å². The van der Waals surface area contributed by atoms with E-state index in [0.29, 0.717) is 28.1 Å². The second kappa shape index (κ2) is 9.05. The standard InChI is InChI=1S/C23H23N5O2/c1-14-6-7-18(23(30)27-19-8-9-19)11-21(14)28-26-13-20(15(2)25)22(29)17-5-3-4-16(10-17)12-24/h3-7,10-11,13,19,28H,8-9,25H2,1-2H3,(H,27,30)/b20-15-,26-13-. The summed E-state index contributed by atoms with van der Waals surface area (Å²) in [6, 6.07) is 14.0. The third-order valence-corrected chi connectivity index (χ3v) is 4.71. The van der Waals surface area contributed by atoms with Crippen molar-refractivity contribution in [1.82, 2.24) is 5.32 Å². The monoisotopic (exact) mass is 401 g/mol. The molecule has 2 aromatic rings. The molecule has 0 atom stereocenters. The maximum Gasteiger partial charge on any atom is 0.251 e. The topological polar surface area (TPSA) is 120 Å². The molecule has 30 heavy (non-hydrogen) atoms. The summed E-state index contributed by atoms with van der Waals surface area (Å²) >= 11 is 0. The summed E-state index contributed by atoms with van der Waals surface area (Å²) in [6.45, 7) is 3.51. The molecule has 7 nitrogen and oxygen atoms in total. The second-order valence-electron chi connectivity index (χ2n) is 7.27. The van der Waals surface area contributed by atoms with Crippen LogP contribution >= 0.6 is 0 Å². The Labute approximate surface area is 175 Å². The minimum Gasteiger partial charge on any atom is -0.402 e. The van der Waals surface area contributed by atoms with Gasteiger partial charge in [-0.15, -0.1) is 0 Å². The molecule has 0 unspecified atom stereocenters. The second-order valence-corrected chi connectivity index (χ2v) is 7.27. The van der Waals surface area contributed by atoms with Crippen molar-refractivity contribution < 1.29 is 9.59 Å². The van der Waals surface area contributed by atoms with Gasteiger partial charge in [0.1, 0.15) is 0 Å². The van der Waals surface area contributed by atoms with Gasteiger partial charge in [-0.1, -0.05) is 18.2 Å². The fraction of sp³-hybridized carbons (Fsp3) is 0.217. The van der Waals surface area contributed by atoms with Crippen molar-refractivity contribution in [3.05, 3.63) is 76.0 Å². The number of hydrogen-bond acceptors (Lipinski definition) is 6. The van der Waals surface area contributed by atoms with E-state index in [2.05, 4.69) is 15.8 Å². The molecule has 4 N–H and O–H groups in total. The number of Topliss-reactive ketones (excluding diaryl/α,β-unsaturated/α-hetero) is 1. The number of aryl methyl sites for hydroxylation is 1. The predicted molar refractivity (Wildman–Crippen MR) is 116 cm³/mol. The van der Waals surface area contributed by atoms with E-state index in [9.17, 15) is 9.59 Å². The highest BCUT2D eigenvalue weighted by Crippen LogP contribution is 2.21. The number of ketones is 1. The summed E-state index contributed by atoms with van der Waals surface area (Å²) in [5.41, 5.74) is 12.2. The van der Waals surface area contributed by atoms with E-state index < -0.39 is 0 Å². The van der Waals surface area contributed by atoms with Crippen molar-refractivity contribution in [1.29, 1.82) is 5.26 Å². The summed E-state index contributed by atoms with van der Waals surface area (Å²) in [7, 11) is 0. The number of nitrogens with one attached hydrogen (secondary N) is 2. The number of anilines is 1. The molecule has 0 radical (unpaired) electrons. The maximum atomic E-state index is 12.8. The lowest BCUT2D eigenvalue weighted by molar-refractivity contribution is 0.0950. The summed E-state index contributed by atoms with van der Waals surface area (Å²) < 4.78 is 0. The molecule has 1 aliphatic rings. The van der Waals surface area contributed by atoms with Gasteiger partial charge in [0.15, 0.2) is 5.78 Å². The van der Waals surface area contributed by atoms with Crippen LogP contribution in [0.25, 0.3) is 0 Å². The Hall–Kier alpha value is -3.92. The van der Waals surface area contributed by atoms with Gasteiger partial charge in [0.2, 0.25) is 0 Å². The zero-order valence-corrected chi connectivity index (χ0v) is 16.9. The van der Waals surface area contributed by atoms with E-state index in [0.717, 1.165) is 18.4 Å². The molecule has 0 aliphatic heterocycles. The van der Waals surface area contributed by atoms with E-state index in [1.165, 1.54) is 12.3 Å². The Morgan fingerprint density at radius 3 is 2.63 bits per heavy atom. The third-order valence-electron chi connectivity index (χ3n) is 4.71. The summed E-state index contributed by atoms with van der Waals surface area (Å²) in [4.78, 5) is 25.1. The summed E-state index contributed by atoms with van der Waals surface area (Å²) in [5, 5.41) is 16.1. The predicted octanol–water partition coefficient (Wildman–Crippen LogP) is 3.27. The molecule has 2 aromatic carbocycles. The Bertz CT molecular complexity index is 1090. The Morgan fingerprint density at radius 1 is 1.20 bits per heavy atom. The molecule has 1 amide bonds. The van der Waals surface area contributed by atoms with Crippen LogP contribution in [0.5, 0.6) is 0 Å². The van der Waals surface area contributed by atoms with Gasteiger partial charge in [0, 0.05) is 22.9 Å². The number of carbonyl (C=O) groups excluding carboxylic acids is 2. The molecule has 3 rings (SSSR count). The molecule has 0 spiro atoms. The molecular weight excluding hydrogens is 378 g/mol. The number of allylic oxidation sites excluding steroid dienone is 2. The normalized spacial score (nSPS) is 14.0.